The van der Waals surface area contributed by atoms with Crippen LogP contribution in [-0.4, -0.2) is 4.57 Å². The summed E-state index contributed by atoms with van der Waals surface area (Å²) in [5, 5.41) is 1.26. The molecule has 4 rings (SSSR count). The van der Waals surface area contributed by atoms with Crippen molar-refractivity contribution >= 4 is 38.2 Å². The Morgan fingerprint density at radius 2 is 2.00 bits per heavy atom. The minimum absolute atomic E-state index is 0.869. The minimum atomic E-state index is 0.869. The number of hydrogen-bond acceptors (Lipinski definition) is 1. The molecule has 0 N–H and O–H groups in total. The third-order valence-corrected chi connectivity index (χ3v) is 5.00. The average Bonchev–Trinajstić information content (AvgIpc) is 3.02. The third-order valence-electron chi connectivity index (χ3n) is 4.25. The standard InChI is InChI=1S/C18H15BrN2/c1-12-15-4-3-5-17(19)16(15)11-21(12)14-6-7-18-13(10-14)8-9-20(18)2/h3-10H,1,11H2,2H3. The molecule has 0 aliphatic carbocycles. The summed E-state index contributed by atoms with van der Waals surface area (Å²) in [5.74, 6) is 0. The lowest BCUT2D eigenvalue weighted by Gasteiger charge is -2.19. The van der Waals surface area contributed by atoms with Gasteiger partial charge in [0.2, 0.25) is 0 Å². The first-order chi connectivity index (χ1) is 10.1. The summed E-state index contributed by atoms with van der Waals surface area (Å²) < 4.78 is 3.30. The van der Waals surface area contributed by atoms with Gasteiger partial charge in [-0.2, -0.15) is 0 Å². The van der Waals surface area contributed by atoms with Gasteiger partial charge in [0.15, 0.2) is 0 Å². The van der Waals surface area contributed by atoms with Crippen molar-refractivity contribution in [1.29, 1.82) is 0 Å². The van der Waals surface area contributed by atoms with E-state index >= 15 is 0 Å². The normalized spacial score (nSPS) is 14.0. The van der Waals surface area contributed by atoms with Crippen LogP contribution >= 0.6 is 15.9 Å². The molecule has 0 spiro atoms. The van der Waals surface area contributed by atoms with Crippen molar-refractivity contribution in [3.63, 3.8) is 0 Å². The Morgan fingerprint density at radius 1 is 1.14 bits per heavy atom. The second-order valence-corrected chi connectivity index (χ2v) is 6.32. The van der Waals surface area contributed by atoms with Gasteiger partial charge in [-0.05, 0) is 35.9 Å². The van der Waals surface area contributed by atoms with Gasteiger partial charge >= 0.3 is 0 Å². The molecular formula is C18H15BrN2. The zero-order valence-corrected chi connectivity index (χ0v) is 13.4. The van der Waals surface area contributed by atoms with E-state index in [4.69, 9.17) is 0 Å². The fourth-order valence-electron chi connectivity index (χ4n) is 3.07. The molecular weight excluding hydrogens is 324 g/mol. The zero-order valence-electron chi connectivity index (χ0n) is 11.8. The molecule has 0 saturated heterocycles. The van der Waals surface area contributed by atoms with Crippen LogP contribution in [0.1, 0.15) is 11.1 Å². The smallest absolute Gasteiger partial charge is 0.0499 e. The molecule has 3 heteroatoms. The van der Waals surface area contributed by atoms with Gasteiger partial charge in [-0.15, -0.1) is 0 Å². The number of benzene rings is 2. The van der Waals surface area contributed by atoms with Gasteiger partial charge in [0, 0.05) is 52.1 Å². The van der Waals surface area contributed by atoms with E-state index in [-0.39, 0.29) is 0 Å². The number of aromatic nitrogens is 1. The Labute approximate surface area is 132 Å². The number of rotatable bonds is 1. The molecule has 0 radical (unpaired) electrons. The number of aryl methyl sites for hydroxylation is 1. The van der Waals surface area contributed by atoms with E-state index in [0.29, 0.717) is 0 Å². The van der Waals surface area contributed by atoms with Crippen molar-refractivity contribution in [3.8, 4) is 0 Å². The van der Waals surface area contributed by atoms with Crippen LogP contribution in [-0.2, 0) is 13.6 Å². The van der Waals surface area contributed by atoms with Crippen molar-refractivity contribution < 1.29 is 0 Å². The van der Waals surface area contributed by atoms with Crippen LogP contribution < -0.4 is 4.90 Å². The van der Waals surface area contributed by atoms with E-state index in [0.717, 1.165) is 16.7 Å². The molecule has 3 aromatic rings. The Morgan fingerprint density at radius 3 is 2.81 bits per heavy atom. The summed E-state index contributed by atoms with van der Waals surface area (Å²) in [6.45, 7) is 5.15. The Kier molecular flexibility index (Phi) is 2.73. The maximum absolute atomic E-state index is 4.28. The molecule has 1 aliphatic rings. The second kappa shape index (κ2) is 4.50. The number of nitrogens with zero attached hydrogens (tertiary/aromatic N) is 2. The molecule has 21 heavy (non-hydrogen) atoms. The van der Waals surface area contributed by atoms with Gasteiger partial charge in [0.05, 0.1) is 0 Å². The fourth-order valence-corrected chi connectivity index (χ4v) is 3.56. The number of hydrogen-bond donors (Lipinski definition) is 0. The predicted molar refractivity (Wildman–Crippen MR) is 92.3 cm³/mol. The van der Waals surface area contributed by atoms with Crippen LogP contribution in [0.25, 0.3) is 16.6 Å². The molecule has 0 bridgehead atoms. The predicted octanol–water partition coefficient (Wildman–Crippen LogP) is 4.93. The Bertz CT molecular complexity index is 876. The topological polar surface area (TPSA) is 8.17 Å². The number of anilines is 1. The van der Waals surface area contributed by atoms with Crippen molar-refractivity contribution in [2.75, 3.05) is 4.90 Å². The first kappa shape index (κ1) is 12.7. The molecule has 0 unspecified atom stereocenters. The van der Waals surface area contributed by atoms with Crippen LogP contribution in [0.2, 0.25) is 0 Å². The zero-order chi connectivity index (χ0) is 14.6. The first-order valence-corrected chi connectivity index (χ1v) is 7.74. The first-order valence-electron chi connectivity index (χ1n) is 6.94. The van der Waals surface area contributed by atoms with E-state index in [1.54, 1.807) is 0 Å². The van der Waals surface area contributed by atoms with Gasteiger partial charge < -0.3 is 9.47 Å². The SMILES string of the molecule is C=C1c2cccc(Br)c2CN1c1ccc2c(ccn2C)c1. The molecule has 0 saturated carbocycles. The average molecular weight is 339 g/mol. The Balaban J connectivity index is 1.80. The lowest BCUT2D eigenvalue weighted by Crippen LogP contribution is -2.12. The summed E-state index contributed by atoms with van der Waals surface area (Å²) in [4.78, 5) is 2.28. The van der Waals surface area contributed by atoms with Gasteiger partial charge in [0.1, 0.15) is 0 Å². The highest BCUT2D eigenvalue weighted by Crippen LogP contribution is 2.39. The van der Waals surface area contributed by atoms with Crippen LogP contribution in [0.15, 0.2) is 59.7 Å². The number of halogens is 1. The summed E-state index contributed by atoms with van der Waals surface area (Å²) in [6.07, 6.45) is 2.10. The number of fused-ring (bicyclic) bond motifs is 2. The van der Waals surface area contributed by atoms with Crippen molar-refractivity contribution in [1.82, 2.24) is 4.57 Å². The monoisotopic (exact) mass is 338 g/mol. The van der Waals surface area contributed by atoms with Gasteiger partial charge in [-0.3, -0.25) is 0 Å². The second-order valence-electron chi connectivity index (χ2n) is 5.47. The van der Waals surface area contributed by atoms with Gasteiger partial charge in [0.25, 0.3) is 0 Å². The minimum Gasteiger partial charge on any atom is -0.351 e. The van der Waals surface area contributed by atoms with Gasteiger partial charge in [-0.1, -0.05) is 34.6 Å². The maximum atomic E-state index is 4.28. The molecule has 2 heterocycles. The van der Waals surface area contributed by atoms with Gasteiger partial charge in [-0.25, -0.2) is 0 Å². The molecule has 1 aromatic heterocycles. The highest BCUT2D eigenvalue weighted by molar-refractivity contribution is 9.10. The molecule has 0 atom stereocenters. The summed E-state index contributed by atoms with van der Waals surface area (Å²) in [7, 11) is 2.07. The third kappa shape index (κ3) is 1.84. The largest absolute Gasteiger partial charge is 0.351 e. The van der Waals surface area contributed by atoms with E-state index in [2.05, 4.69) is 87.7 Å². The quantitative estimate of drug-likeness (QED) is 0.610. The summed E-state index contributed by atoms with van der Waals surface area (Å²) in [6, 6.07) is 15.0. The van der Waals surface area contributed by atoms with E-state index < -0.39 is 0 Å². The van der Waals surface area contributed by atoms with Crippen molar-refractivity contribution in [2.24, 2.45) is 7.05 Å². The molecule has 0 fully saturated rings. The molecule has 1 aliphatic heterocycles. The van der Waals surface area contributed by atoms with Crippen LogP contribution in [0, 0.1) is 0 Å². The van der Waals surface area contributed by atoms with Crippen LogP contribution in [0.5, 0.6) is 0 Å². The fraction of sp³-hybridized carbons (Fsp3) is 0.111. The molecule has 104 valence electrons. The van der Waals surface area contributed by atoms with E-state index in [9.17, 15) is 0 Å². The molecule has 0 amide bonds. The highest BCUT2D eigenvalue weighted by Gasteiger charge is 2.25. The maximum Gasteiger partial charge on any atom is 0.0499 e. The van der Waals surface area contributed by atoms with Crippen LogP contribution in [0.4, 0.5) is 5.69 Å². The van der Waals surface area contributed by atoms with Crippen molar-refractivity contribution in [2.45, 2.75) is 6.54 Å². The summed E-state index contributed by atoms with van der Waals surface area (Å²) >= 11 is 3.65. The van der Waals surface area contributed by atoms with E-state index in [1.165, 1.54) is 27.7 Å². The highest BCUT2D eigenvalue weighted by atomic mass is 79.9. The summed E-state index contributed by atoms with van der Waals surface area (Å²) in [5.41, 5.74) is 6.07. The van der Waals surface area contributed by atoms with Crippen LogP contribution in [0.3, 0.4) is 0 Å². The molecule has 2 nitrogen and oxygen atoms in total. The lowest BCUT2D eigenvalue weighted by molar-refractivity contribution is 0.968. The molecule has 2 aromatic carbocycles. The Hall–Kier alpha value is -2.00. The van der Waals surface area contributed by atoms with E-state index in [1.807, 2.05) is 0 Å². The van der Waals surface area contributed by atoms with Crippen molar-refractivity contribution in [3.05, 3.63) is 70.8 Å². The lowest BCUT2D eigenvalue weighted by atomic mass is 10.1.